The molecule has 3 heteroatoms. The van der Waals surface area contributed by atoms with Crippen LogP contribution in [-0.2, 0) is 4.74 Å². The monoisotopic (exact) mass is 244 g/mol. The molecule has 0 saturated carbocycles. The summed E-state index contributed by atoms with van der Waals surface area (Å²) >= 11 is 0. The fraction of sp³-hybridized carbons (Fsp3) is 1.00. The van der Waals surface area contributed by atoms with Crippen molar-refractivity contribution in [1.82, 2.24) is 10.2 Å². The quantitative estimate of drug-likeness (QED) is 0.597. The Balaban J connectivity index is 3.60. The zero-order valence-electron chi connectivity index (χ0n) is 12.6. The average Bonchev–Trinajstić information content (AvgIpc) is 2.31. The molecule has 104 valence electrons. The first-order valence-corrected chi connectivity index (χ1v) is 7.01. The Labute approximate surface area is 108 Å². The summed E-state index contributed by atoms with van der Waals surface area (Å²) in [7, 11) is 2.22. The lowest BCUT2D eigenvalue weighted by atomic mass is 10.0. The van der Waals surface area contributed by atoms with Crippen LogP contribution >= 0.6 is 0 Å². The lowest BCUT2D eigenvalue weighted by molar-refractivity contribution is 0.140. The Morgan fingerprint density at radius 3 is 2.35 bits per heavy atom. The van der Waals surface area contributed by atoms with Crippen molar-refractivity contribution in [2.75, 3.05) is 33.4 Å². The van der Waals surface area contributed by atoms with E-state index >= 15 is 0 Å². The van der Waals surface area contributed by atoms with Crippen molar-refractivity contribution < 1.29 is 4.74 Å². The second-order valence-electron chi connectivity index (χ2n) is 5.25. The highest BCUT2D eigenvalue weighted by atomic mass is 16.5. The first-order valence-electron chi connectivity index (χ1n) is 7.01. The molecule has 0 aromatic heterocycles. The van der Waals surface area contributed by atoms with Crippen molar-refractivity contribution in [3.63, 3.8) is 0 Å². The number of hydrogen-bond acceptors (Lipinski definition) is 3. The molecule has 0 amide bonds. The highest BCUT2D eigenvalue weighted by Gasteiger charge is 2.17. The van der Waals surface area contributed by atoms with Crippen LogP contribution in [-0.4, -0.2) is 50.3 Å². The van der Waals surface area contributed by atoms with Crippen LogP contribution in [0.1, 0.15) is 41.0 Å². The van der Waals surface area contributed by atoms with Gasteiger partial charge in [-0.15, -0.1) is 0 Å². The number of nitrogens with zero attached hydrogens (tertiary/aromatic N) is 1. The summed E-state index contributed by atoms with van der Waals surface area (Å²) in [6, 6.07) is 1.22. The molecule has 0 aliphatic heterocycles. The van der Waals surface area contributed by atoms with Gasteiger partial charge in [0.2, 0.25) is 0 Å². The van der Waals surface area contributed by atoms with Gasteiger partial charge in [-0.25, -0.2) is 0 Å². The second-order valence-corrected chi connectivity index (χ2v) is 5.25. The predicted molar refractivity (Wildman–Crippen MR) is 75.5 cm³/mol. The maximum absolute atomic E-state index is 5.31. The van der Waals surface area contributed by atoms with Crippen LogP contribution < -0.4 is 5.32 Å². The Hall–Kier alpha value is -0.120. The summed E-state index contributed by atoms with van der Waals surface area (Å²) in [5.41, 5.74) is 0. The van der Waals surface area contributed by atoms with Gasteiger partial charge in [-0.05, 0) is 46.7 Å². The van der Waals surface area contributed by atoms with Crippen LogP contribution in [0.25, 0.3) is 0 Å². The van der Waals surface area contributed by atoms with E-state index in [1.54, 1.807) is 0 Å². The van der Waals surface area contributed by atoms with Crippen molar-refractivity contribution in [1.29, 1.82) is 0 Å². The standard InChI is InChI=1S/C14H32N2O/c1-7-17-10-8-9-15-11-13(4)16(6)14(5)12(2)3/h12-15H,7-11H2,1-6H3. The van der Waals surface area contributed by atoms with Gasteiger partial charge < -0.3 is 10.1 Å². The Kier molecular flexibility index (Phi) is 9.79. The van der Waals surface area contributed by atoms with E-state index in [1.165, 1.54) is 0 Å². The molecule has 0 spiro atoms. The molecule has 0 aromatic carbocycles. The van der Waals surface area contributed by atoms with E-state index in [2.05, 4.69) is 45.0 Å². The summed E-state index contributed by atoms with van der Waals surface area (Å²) in [4.78, 5) is 2.46. The average molecular weight is 244 g/mol. The minimum absolute atomic E-state index is 0.583. The van der Waals surface area contributed by atoms with Gasteiger partial charge >= 0.3 is 0 Å². The van der Waals surface area contributed by atoms with Gasteiger partial charge in [-0.3, -0.25) is 4.90 Å². The summed E-state index contributed by atoms with van der Waals surface area (Å²) in [5.74, 6) is 0.709. The van der Waals surface area contributed by atoms with Gasteiger partial charge in [-0.1, -0.05) is 13.8 Å². The van der Waals surface area contributed by atoms with E-state index < -0.39 is 0 Å². The second kappa shape index (κ2) is 9.86. The molecule has 0 fully saturated rings. The maximum atomic E-state index is 5.31. The number of ether oxygens (including phenoxy) is 1. The third kappa shape index (κ3) is 7.74. The lowest BCUT2D eigenvalue weighted by Gasteiger charge is -2.33. The van der Waals surface area contributed by atoms with E-state index in [9.17, 15) is 0 Å². The van der Waals surface area contributed by atoms with Crippen LogP contribution in [0.2, 0.25) is 0 Å². The summed E-state index contributed by atoms with van der Waals surface area (Å²) in [5, 5.41) is 3.50. The minimum Gasteiger partial charge on any atom is -0.382 e. The molecule has 0 bridgehead atoms. The topological polar surface area (TPSA) is 24.5 Å². The molecule has 17 heavy (non-hydrogen) atoms. The van der Waals surface area contributed by atoms with Crippen molar-refractivity contribution >= 4 is 0 Å². The molecule has 2 unspecified atom stereocenters. The molecule has 0 radical (unpaired) electrons. The van der Waals surface area contributed by atoms with Crippen molar-refractivity contribution in [2.45, 2.75) is 53.1 Å². The molecule has 0 heterocycles. The van der Waals surface area contributed by atoms with Gasteiger partial charge in [0, 0.05) is 31.8 Å². The van der Waals surface area contributed by atoms with Gasteiger partial charge in [0.15, 0.2) is 0 Å². The number of likely N-dealkylation sites (N-methyl/N-ethyl adjacent to an activating group) is 1. The van der Waals surface area contributed by atoms with Crippen LogP contribution in [0, 0.1) is 5.92 Å². The van der Waals surface area contributed by atoms with Crippen molar-refractivity contribution in [3.8, 4) is 0 Å². The fourth-order valence-corrected chi connectivity index (χ4v) is 1.77. The van der Waals surface area contributed by atoms with E-state index in [-0.39, 0.29) is 0 Å². The highest BCUT2D eigenvalue weighted by molar-refractivity contribution is 4.74. The van der Waals surface area contributed by atoms with E-state index in [4.69, 9.17) is 4.74 Å². The molecule has 3 nitrogen and oxygen atoms in total. The predicted octanol–water partition coefficient (Wildman–Crippen LogP) is 2.37. The highest BCUT2D eigenvalue weighted by Crippen LogP contribution is 2.10. The first kappa shape index (κ1) is 16.9. The molecular weight excluding hydrogens is 212 g/mol. The lowest BCUT2D eigenvalue weighted by Crippen LogP contribution is -2.44. The number of rotatable bonds is 10. The molecular formula is C14H32N2O. The van der Waals surface area contributed by atoms with Crippen molar-refractivity contribution in [2.24, 2.45) is 5.92 Å². The SMILES string of the molecule is CCOCCCNCC(C)N(C)C(C)C(C)C. The van der Waals surface area contributed by atoms with E-state index in [1.807, 2.05) is 6.92 Å². The summed E-state index contributed by atoms with van der Waals surface area (Å²) < 4.78 is 5.31. The molecule has 0 aliphatic rings. The van der Waals surface area contributed by atoms with Crippen LogP contribution in [0.3, 0.4) is 0 Å². The third-order valence-electron chi connectivity index (χ3n) is 3.59. The number of hydrogen-bond donors (Lipinski definition) is 1. The van der Waals surface area contributed by atoms with Gasteiger partial charge in [0.1, 0.15) is 0 Å². The molecule has 0 rings (SSSR count). The smallest absolute Gasteiger partial charge is 0.0477 e. The minimum atomic E-state index is 0.583. The van der Waals surface area contributed by atoms with Crippen LogP contribution in [0.5, 0.6) is 0 Å². The van der Waals surface area contributed by atoms with Crippen LogP contribution in [0.4, 0.5) is 0 Å². The number of nitrogens with one attached hydrogen (secondary N) is 1. The zero-order valence-corrected chi connectivity index (χ0v) is 12.6. The summed E-state index contributed by atoms with van der Waals surface area (Å²) in [6.07, 6.45) is 1.10. The van der Waals surface area contributed by atoms with E-state index in [0.717, 1.165) is 32.7 Å². The third-order valence-corrected chi connectivity index (χ3v) is 3.59. The molecule has 0 aromatic rings. The molecule has 2 atom stereocenters. The molecule has 0 aliphatic carbocycles. The largest absolute Gasteiger partial charge is 0.382 e. The van der Waals surface area contributed by atoms with Crippen molar-refractivity contribution in [3.05, 3.63) is 0 Å². The van der Waals surface area contributed by atoms with Gasteiger partial charge in [-0.2, -0.15) is 0 Å². The molecule has 0 saturated heterocycles. The molecule has 1 N–H and O–H groups in total. The van der Waals surface area contributed by atoms with Crippen LogP contribution in [0.15, 0.2) is 0 Å². The van der Waals surface area contributed by atoms with Gasteiger partial charge in [0.05, 0.1) is 0 Å². The fourth-order valence-electron chi connectivity index (χ4n) is 1.77. The Morgan fingerprint density at radius 1 is 1.18 bits per heavy atom. The maximum Gasteiger partial charge on any atom is 0.0477 e. The first-order chi connectivity index (χ1) is 8.00. The summed E-state index contributed by atoms with van der Waals surface area (Å²) in [6.45, 7) is 15.0. The normalized spacial score (nSPS) is 15.5. The Bertz CT molecular complexity index is 174. The Morgan fingerprint density at radius 2 is 1.82 bits per heavy atom. The van der Waals surface area contributed by atoms with E-state index in [0.29, 0.717) is 18.0 Å². The zero-order chi connectivity index (χ0) is 13.3. The van der Waals surface area contributed by atoms with Gasteiger partial charge in [0.25, 0.3) is 0 Å².